The van der Waals surface area contributed by atoms with Crippen molar-refractivity contribution < 1.29 is 4.52 Å². The van der Waals surface area contributed by atoms with Crippen LogP contribution >= 0.6 is 0 Å². The number of aromatic nitrogens is 4. The van der Waals surface area contributed by atoms with Gasteiger partial charge in [0, 0.05) is 44.5 Å². The van der Waals surface area contributed by atoms with Gasteiger partial charge in [-0.25, -0.2) is 14.3 Å². The van der Waals surface area contributed by atoms with Gasteiger partial charge in [0.25, 0.3) is 5.56 Å². The standard InChI is InChI=1S/C33H37N7O3.C4H10/c1-4-7-28-27(16-20-10-12-21(13-11-20)25-8-5-6-9-26(25)29-37-32(42)43-38-29)30(41)40(31(36-28)39(2)3)24-15-14-22-18-33(34,35)19-23(22)17-24;1-3-4-2/h8-15,17H,4-7,16,18-19,34-35H2,1-3H3,(H,37,38,42);3-4H2,1-2H3. The summed E-state index contributed by atoms with van der Waals surface area (Å²) < 4.78 is 6.45. The summed E-state index contributed by atoms with van der Waals surface area (Å²) in [6.07, 6.45) is 11.8. The van der Waals surface area contributed by atoms with Crippen LogP contribution in [0.3, 0.4) is 0 Å². The van der Waals surface area contributed by atoms with Gasteiger partial charge in [-0.1, -0.05) is 87.7 Å². The number of benzene rings is 2. The van der Waals surface area contributed by atoms with Crippen molar-refractivity contribution >= 4 is 17.1 Å². The average Bonchev–Trinajstić information content (AvgIpc) is 3.63. The largest absolute Gasteiger partial charge is 0.439 e. The molecule has 2 aromatic carbocycles. The molecule has 10 nitrogen and oxygen atoms in total. The van der Waals surface area contributed by atoms with Crippen LogP contribution in [0.1, 0.15) is 92.2 Å². The van der Waals surface area contributed by atoms with E-state index in [0.29, 0.717) is 43.0 Å². The maximum atomic E-state index is 14.3. The zero-order valence-electron chi connectivity index (χ0n) is 28.2. The predicted molar refractivity (Wildman–Crippen MR) is 189 cm³/mol. The monoisotopic (exact) mass is 637 g/mol. The van der Waals surface area contributed by atoms with Crippen molar-refractivity contribution in [3.8, 4) is 5.69 Å². The summed E-state index contributed by atoms with van der Waals surface area (Å²) in [6, 6.07) is 14.2. The molecule has 2 aromatic heterocycles. The topological polar surface area (TPSA) is 149 Å². The molecule has 0 fully saturated rings. The molecule has 0 unspecified atom stereocenters. The van der Waals surface area contributed by atoms with E-state index in [1.807, 2.05) is 61.5 Å². The molecule has 0 bridgehead atoms. The fraction of sp³-hybridized carbons (Fsp3) is 0.405. The lowest BCUT2D eigenvalue weighted by molar-refractivity contribution is 0.385. The first-order chi connectivity index (χ1) is 22.5. The summed E-state index contributed by atoms with van der Waals surface area (Å²) in [4.78, 5) is 35.5. The van der Waals surface area contributed by atoms with E-state index in [2.05, 4.69) is 43.1 Å². The van der Waals surface area contributed by atoms with E-state index < -0.39 is 11.4 Å². The van der Waals surface area contributed by atoms with Gasteiger partial charge in [-0.15, -0.1) is 0 Å². The minimum Gasteiger partial charge on any atom is -0.348 e. The number of nitrogens with one attached hydrogen (secondary N) is 1. The van der Waals surface area contributed by atoms with Gasteiger partial charge < -0.3 is 16.4 Å². The number of aromatic amines is 1. The Labute approximate surface area is 276 Å². The number of unbranched alkanes of at least 4 members (excludes halogenated alkanes) is 1. The second-order valence-electron chi connectivity index (χ2n) is 12.8. The second kappa shape index (κ2) is 14.5. The first-order valence-electron chi connectivity index (χ1n) is 16.6. The highest BCUT2D eigenvalue weighted by molar-refractivity contribution is 6.03. The molecule has 47 heavy (non-hydrogen) atoms. The van der Waals surface area contributed by atoms with Gasteiger partial charge in [0.15, 0.2) is 5.82 Å². The van der Waals surface area contributed by atoms with Gasteiger partial charge in [0.05, 0.1) is 17.0 Å². The lowest BCUT2D eigenvalue weighted by atomic mass is 9.90. The Morgan fingerprint density at radius 3 is 2.21 bits per heavy atom. The maximum Gasteiger partial charge on any atom is 0.439 e. The van der Waals surface area contributed by atoms with Crippen LogP contribution in [0.15, 0.2) is 68.7 Å². The molecule has 4 aromatic rings. The first-order valence-corrected chi connectivity index (χ1v) is 16.6. The zero-order chi connectivity index (χ0) is 33.7. The molecule has 2 heterocycles. The van der Waals surface area contributed by atoms with Crippen molar-refractivity contribution in [2.45, 2.75) is 84.2 Å². The minimum atomic E-state index is -0.770. The minimum absolute atomic E-state index is 0.0777. The Hall–Kier alpha value is -4.54. The molecular formula is C37H47N7O3. The van der Waals surface area contributed by atoms with Crippen molar-refractivity contribution in [1.29, 1.82) is 0 Å². The number of hydrogen-bond donors (Lipinski definition) is 3. The Morgan fingerprint density at radius 1 is 0.915 bits per heavy atom. The quantitative estimate of drug-likeness (QED) is 0.210. The molecule has 0 amide bonds. The van der Waals surface area contributed by atoms with Crippen LogP contribution in [-0.2, 0) is 25.7 Å². The Bertz CT molecular complexity index is 1890. The third-order valence-corrected chi connectivity index (χ3v) is 8.61. The first kappa shape index (κ1) is 33.8. The van der Waals surface area contributed by atoms with Gasteiger partial charge in [-0.05, 0) is 59.2 Å². The molecule has 0 saturated carbocycles. The number of nitrogens with zero attached hydrogens (tertiary/aromatic N) is 4. The SMILES string of the molecule is CCCC.CCCc1nc(N(C)C)n(-c2ccc3c(c2)CC(N)(N)C3)c(=O)c1Cc1ccc(C2=CCCC=C2c2noc(=O)[nH]2)cc1. The summed E-state index contributed by atoms with van der Waals surface area (Å²) in [5, 5.41) is 3.89. The highest BCUT2D eigenvalue weighted by atomic mass is 16.5. The van der Waals surface area contributed by atoms with Crippen molar-refractivity contribution in [3.63, 3.8) is 0 Å². The van der Waals surface area contributed by atoms with Gasteiger partial charge in [0.1, 0.15) is 0 Å². The molecule has 0 saturated heterocycles. The van der Waals surface area contributed by atoms with Crippen molar-refractivity contribution in [1.82, 2.24) is 19.7 Å². The van der Waals surface area contributed by atoms with E-state index in [-0.39, 0.29) is 5.56 Å². The predicted octanol–water partition coefficient (Wildman–Crippen LogP) is 5.30. The second-order valence-corrected chi connectivity index (χ2v) is 12.8. The third kappa shape index (κ3) is 7.55. The molecule has 0 aliphatic heterocycles. The van der Waals surface area contributed by atoms with Crippen molar-refractivity contribution in [2.24, 2.45) is 11.5 Å². The number of fused-ring (bicyclic) bond motifs is 1. The molecule has 0 spiro atoms. The number of rotatable bonds is 9. The van der Waals surface area contributed by atoms with Crippen molar-refractivity contribution in [3.05, 3.63) is 115 Å². The number of aryl methyl sites for hydroxylation is 1. The number of anilines is 1. The summed E-state index contributed by atoms with van der Waals surface area (Å²) in [5.41, 5.74) is 19.9. The van der Waals surface area contributed by atoms with E-state index >= 15 is 0 Å². The highest BCUT2D eigenvalue weighted by Gasteiger charge is 2.30. The van der Waals surface area contributed by atoms with Gasteiger partial charge in [0.2, 0.25) is 5.95 Å². The molecule has 2 aliphatic rings. The molecule has 10 heteroatoms. The molecule has 2 aliphatic carbocycles. The van der Waals surface area contributed by atoms with Crippen molar-refractivity contribution in [2.75, 3.05) is 19.0 Å². The van der Waals surface area contributed by atoms with Crippen LogP contribution in [0, 0.1) is 0 Å². The van der Waals surface area contributed by atoms with Gasteiger partial charge >= 0.3 is 5.76 Å². The number of allylic oxidation sites excluding steroid dienone is 4. The highest BCUT2D eigenvalue weighted by Crippen LogP contribution is 2.34. The van der Waals surface area contributed by atoms with E-state index in [9.17, 15) is 9.59 Å². The summed E-state index contributed by atoms with van der Waals surface area (Å²) in [5.74, 6) is 0.434. The van der Waals surface area contributed by atoms with E-state index in [1.165, 1.54) is 12.8 Å². The Balaban J connectivity index is 0.00000103. The molecule has 0 radical (unpaired) electrons. The number of H-pyrrole nitrogens is 1. The zero-order valence-corrected chi connectivity index (χ0v) is 28.2. The lowest BCUT2D eigenvalue weighted by Crippen LogP contribution is -2.50. The Kier molecular flexibility index (Phi) is 10.4. The fourth-order valence-corrected chi connectivity index (χ4v) is 6.13. The normalized spacial score (nSPS) is 15.0. The average molecular weight is 638 g/mol. The van der Waals surface area contributed by atoms with Crippen LogP contribution in [0.4, 0.5) is 5.95 Å². The van der Waals surface area contributed by atoms with Crippen LogP contribution in [0.2, 0.25) is 0 Å². The van der Waals surface area contributed by atoms with Crippen LogP contribution in [0.5, 0.6) is 0 Å². The van der Waals surface area contributed by atoms with Gasteiger partial charge in [-0.3, -0.25) is 14.3 Å². The van der Waals surface area contributed by atoms with E-state index in [0.717, 1.165) is 64.0 Å². The van der Waals surface area contributed by atoms with Crippen LogP contribution < -0.4 is 27.7 Å². The van der Waals surface area contributed by atoms with Crippen LogP contribution in [-0.4, -0.2) is 39.4 Å². The molecule has 5 N–H and O–H groups in total. The molecule has 248 valence electrons. The van der Waals surface area contributed by atoms with E-state index in [4.69, 9.17) is 21.0 Å². The number of hydrogen-bond acceptors (Lipinski definition) is 8. The summed E-state index contributed by atoms with van der Waals surface area (Å²) in [6.45, 7) is 6.46. The molecular weight excluding hydrogens is 590 g/mol. The fourth-order valence-electron chi connectivity index (χ4n) is 6.13. The van der Waals surface area contributed by atoms with E-state index in [1.54, 1.807) is 4.57 Å². The Morgan fingerprint density at radius 2 is 1.60 bits per heavy atom. The maximum absolute atomic E-state index is 14.3. The van der Waals surface area contributed by atoms with Crippen LogP contribution in [0.25, 0.3) is 16.8 Å². The third-order valence-electron chi connectivity index (χ3n) is 8.61. The number of nitrogens with two attached hydrogens (primary N) is 2. The summed E-state index contributed by atoms with van der Waals surface area (Å²) in [7, 11) is 3.81. The molecule has 6 rings (SSSR count). The smallest absolute Gasteiger partial charge is 0.348 e. The summed E-state index contributed by atoms with van der Waals surface area (Å²) >= 11 is 0. The lowest BCUT2D eigenvalue weighted by Gasteiger charge is -2.22. The molecule has 0 atom stereocenters. The van der Waals surface area contributed by atoms with Gasteiger partial charge in [-0.2, -0.15) is 0 Å².